The fourth-order valence-corrected chi connectivity index (χ4v) is 3.47. The molecule has 0 spiro atoms. The highest BCUT2D eigenvalue weighted by atomic mass is 32.2. The standard InChI is InChI=1S/C18H21N3O5S/c1-13-10-16(8-9-17(13)26-3)27(24,25)21(2)12-18(23)20-19-11-14-4-6-15(22)7-5-14/h4-11,22H,12H2,1-3H3,(H,20,23)/b19-11+. The van der Waals surface area contributed by atoms with Gasteiger partial charge in [-0.05, 0) is 60.5 Å². The number of carbonyl (C=O) groups is 1. The van der Waals surface area contributed by atoms with E-state index in [1.165, 1.54) is 44.6 Å². The van der Waals surface area contributed by atoms with Crippen LogP contribution in [0.4, 0.5) is 0 Å². The number of methoxy groups -OCH3 is 1. The van der Waals surface area contributed by atoms with E-state index >= 15 is 0 Å². The Morgan fingerprint density at radius 1 is 1.26 bits per heavy atom. The van der Waals surface area contributed by atoms with Crippen LogP contribution in [0.15, 0.2) is 52.5 Å². The Hall–Kier alpha value is -2.91. The van der Waals surface area contributed by atoms with Gasteiger partial charge in [-0.2, -0.15) is 9.41 Å². The molecule has 0 aliphatic rings. The van der Waals surface area contributed by atoms with Crippen molar-refractivity contribution in [3.63, 3.8) is 0 Å². The van der Waals surface area contributed by atoms with Crippen molar-refractivity contribution in [1.29, 1.82) is 0 Å². The van der Waals surface area contributed by atoms with E-state index in [9.17, 15) is 18.3 Å². The number of phenolic OH excluding ortho intramolecular Hbond substituents is 1. The number of phenols is 1. The molecule has 0 unspecified atom stereocenters. The van der Waals surface area contributed by atoms with Crippen molar-refractivity contribution in [3.8, 4) is 11.5 Å². The van der Waals surface area contributed by atoms with E-state index in [4.69, 9.17) is 4.74 Å². The number of aryl methyl sites for hydroxylation is 1. The number of amides is 1. The maximum atomic E-state index is 12.6. The van der Waals surface area contributed by atoms with Gasteiger partial charge in [0, 0.05) is 7.05 Å². The first-order valence-corrected chi connectivity index (χ1v) is 9.40. The van der Waals surface area contributed by atoms with Crippen LogP contribution in [0.1, 0.15) is 11.1 Å². The number of nitrogens with one attached hydrogen (secondary N) is 1. The van der Waals surface area contributed by atoms with Crippen molar-refractivity contribution in [1.82, 2.24) is 9.73 Å². The van der Waals surface area contributed by atoms with E-state index in [0.717, 1.165) is 4.31 Å². The zero-order valence-corrected chi connectivity index (χ0v) is 16.0. The topological polar surface area (TPSA) is 108 Å². The number of sulfonamides is 1. The number of ether oxygens (including phenoxy) is 1. The fraction of sp³-hybridized carbons (Fsp3) is 0.222. The van der Waals surface area contributed by atoms with E-state index in [1.807, 2.05) is 0 Å². The Labute approximate surface area is 158 Å². The molecule has 8 nitrogen and oxygen atoms in total. The Bertz CT molecular complexity index is 940. The summed E-state index contributed by atoms with van der Waals surface area (Å²) < 4.78 is 31.2. The molecule has 9 heteroatoms. The van der Waals surface area contributed by atoms with E-state index in [-0.39, 0.29) is 17.2 Å². The smallest absolute Gasteiger partial charge is 0.255 e. The predicted octanol–water partition coefficient (Wildman–Crippen LogP) is 1.48. The van der Waals surface area contributed by atoms with Gasteiger partial charge >= 0.3 is 0 Å². The molecule has 2 rings (SSSR count). The molecular weight excluding hydrogens is 370 g/mol. The number of hydrogen-bond acceptors (Lipinski definition) is 6. The molecule has 0 saturated carbocycles. The second-order valence-corrected chi connectivity index (χ2v) is 7.82. The monoisotopic (exact) mass is 391 g/mol. The van der Waals surface area contributed by atoms with Gasteiger partial charge in [0.05, 0.1) is 24.8 Å². The number of benzene rings is 2. The average molecular weight is 391 g/mol. The Morgan fingerprint density at radius 2 is 1.93 bits per heavy atom. The molecule has 2 aromatic rings. The van der Waals surface area contributed by atoms with E-state index in [0.29, 0.717) is 16.9 Å². The second-order valence-electron chi connectivity index (χ2n) is 5.78. The van der Waals surface area contributed by atoms with Gasteiger partial charge in [-0.3, -0.25) is 4.79 Å². The van der Waals surface area contributed by atoms with Crippen LogP contribution < -0.4 is 10.2 Å². The lowest BCUT2D eigenvalue weighted by Gasteiger charge is -2.17. The molecule has 2 N–H and O–H groups in total. The second kappa shape index (κ2) is 8.65. The predicted molar refractivity (Wildman–Crippen MR) is 101 cm³/mol. The molecule has 0 aliphatic heterocycles. The maximum absolute atomic E-state index is 12.6. The van der Waals surface area contributed by atoms with Crippen molar-refractivity contribution in [2.45, 2.75) is 11.8 Å². The number of nitrogens with zero attached hydrogens (tertiary/aromatic N) is 2. The van der Waals surface area contributed by atoms with Crippen molar-refractivity contribution < 1.29 is 23.1 Å². The number of likely N-dealkylation sites (N-methyl/N-ethyl adjacent to an activating group) is 1. The number of hydrogen-bond donors (Lipinski definition) is 2. The highest BCUT2D eigenvalue weighted by Gasteiger charge is 2.23. The Kier molecular flexibility index (Phi) is 6.54. The van der Waals surface area contributed by atoms with Gasteiger partial charge in [-0.1, -0.05) is 0 Å². The number of carbonyl (C=O) groups excluding carboxylic acids is 1. The lowest BCUT2D eigenvalue weighted by atomic mass is 10.2. The minimum atomic E-state index is -3.83. The largest absolute Gasteiger partial charge is 0.508 e. The summed E-state index contributed by atoms with van der Waals surface area (Å²) in [5.41, 5.74) is 3.62. The third-order valence-electron chi connectivity index (χ3n) is 3.74. The number of rotatable bonds is 7. The minimum absolute atomic E-state index is 0.0729. The zero-order valence-electron chi connectivity index (χ0n) is 15.2. The molecule has 0 aliphatic carbocycles. The molecule has 0 atom stereocenters. The Balaban J connectivity index is 2.00. The van der Waals surface area contributed by atoms with E-state index in [2.05, 4.69) is 10.5 Å². The molecule has 27 heavy (non-hydrogen) atoms. The fourth-order valence-electron chi connectivity index (χ4n) is 2.25. The molecular formula is C18H21N3O5S. The van der Waals surface area contributed by atoms with E-state index in [1.54, 1.807) is 25.1 Å². The lowest BCUT2D eigenvalue weighted by Crippen LogP contribution is -2.36. The summed E-state index contributed by atoms with van der Waals surface area (Å²) in [5, 5.41) is 13.0. The summed E-state index contributed by atoms with van der Waals surface area (Å²) >= 11 is 0. The number of aromatic hydroxyl groups is 1. The molecule has 0 fully saturated rings. The van der Waals surface area contributed by atoms with Crippen LogP contribution in [-0.4, -0.2) is 50.7 Å². The van der Waals surface area contributed by atoms with Crippen molar-refractivity contribution in [3.05, 3.63) is 53.6 Å². The van der Waals surface area contributed by atoms with Crippen molar-refractivity contribution in [2.75, 3.05) is 20.7 Å². The summed E-state index contributed by atoms with van der Waals surface area (Å²) in [5.74, 6) is 0.121. The van der Waals surface area contributed by atoms with Crippen LogP contribution in [0.5, 0.6) is 11.5 Å². The van der Waals surface area contributed by atoms with Gasteiger partial charge in [0.15, 0.2) is 0 Å². The summed E-state index contributed by atoms with van der Waals surface area (Å²) in [6, 6.07) is 10.7. The maximum Gasteiger partial charge on any atom is 0.255 e. The van der Waals surface area contributed by atoms with Gasteiger partial charge < -0.3 is 9.84 Å². The molecule has 144 valence electrons. The third kappa shape index (κ3) is 5.28. The first-order valence-electron chi connectivity index (χ1n) is 7.96. The summed E-state index contributed by atoms with van der Waals surface area (Å²) in [7, 11) is -1.00. The van der Waals surface area contributed by atoms with Crippen molar-refractivity contribution in [2.24, 2.45) is 5.10 Å². The van der Waals surface area contributed by atoms with Gasteiger partial charge in [0.25, 0.3) is 5.91 Å². The molecule has 2 aromatic carbocycles. The normalized spacial score (nSPS) is 11.7. The molecule has 0 saturated heterocycles. The van der Waals surface area contributed by atoms with E-state index < -0.39 is 15.9 Å². The third-order valence-corrected chi connectivity index (χ3v) is 5.54. The van der Waals surface area contributed by atoms with Gasteiger partial charge in [-0.25, -0.2) is 13.8 Å². The average Bonchev–Trinajstić information content (AvgIpc) is 2.63. The molecule has 0 heterocycles. The number of hydrazone groups is 1. The zero-order chi connectivity index (χ0) is 20.0. The summed E-state index contributed by atoms with van der Waals surface area (Å²) in [4.78, 5) is 12.0. The van der Waals surface area contributed by atoms with Crippen LogP contribution >= 0.6 is 0 Å². The summed E-state index contributed by atoms with van der Waals surface area (Å²) in [6.07, 6.45) is 1.39. The first kappa shape index (κ1) is 20.4. The first-order chi connectivity index (χ1) is 12.7. The van der Waals surface area contributed by atoms with Crippen molar-refractivity contribution >= 4 is 22.1 Å². The van der Waals surface area contributed by atoms with Gasteiger partial charge in [0.2, 0.25) is 10.0 Å². The molecule has 0 bridgehead atoms. The highest BCUT2D eigenvalue weighted by Crippen LogP contribution is 2.23. The van der Waals surface area contributed by atoms with Crippen LogP contribution in [0.3, 0.4) is 0 Å². The van der Waals surface area contributed by atoms with Gasteiger partial charge in [-0.15, -0.1) is 0 Å². The molecule has 0 aromatic heterocycles. The Morgan fingerprint density at radius 3 is 2.52 bits per heavy atom. The van der Waals surface area contributed by atoms with Crippen LogP contribution in [0.2, 0.25) is 0 Å². The molecule has 1 amide bonds. The quantitative estimate of drug-likeness (QED) is 0.549. The minimum Gasteiger partial charge on any atom is -0.508 e. The van der Waals surface area contributed by atoms with Crippen LogP contribution in [0.25, 0.3) is 0 Å². The molecule has 0 radical (unpaired) electrons. The van der Waals surface area contributed by atoms with Crippen LogP contribution in [0, 0.1) is 6.92 Å². The van der Waals surface area contributed by atoms with Crippen LogP contribution in [-0.2, 0) is 14.8 Å². The highest BCUT2D eigenvalue weighted by molar-refractivity contribution is 7.89. The summed E-state index contributed by atoms with van der Waals surface area (Å²) in [6.45, 7) is 1.35. The van der Waals surface area contributed by atoms with Gasteiger partial charge in [0.1, 0.15) is 11.5 Å². The SMILES string of the molecule is COc1ccc(S(=O)(=O)N(C)CC(=O)N/N=C/c2ccc(O)cc2)cc1C. The lowest BCUT2D eigenvalue weighted by molar-refractivity contribution is -0.121.